The van der Waals surface area contributed by atoms with Crippen molar-refractivity contribution >= 4 is 17.2 Å². The summed E-state index contributed by atoms with van der Waals surface area (Å²) >= 11 is 0. The average molecular weight is 463 g/mol. The number of fused-ring (bicyclic) bond motifs is 1. The standard InChI is InChI=1S/C21H24F3N7O2/c1-12-19-16(30(2)11-18(32)29-19)5-17(28-12)25-7-14-8-27-31(10-14)9-13-4-15(21(22,23)24)20(33-3)26-6-13/h4-6,8,10,18,29,32H,7,9,11H2,1-3H3,(H,25,28). The van der Waals surface area contributed by atoms with E-state index < -0.39 is 23.8 Å². The fourth-order valence-corrected chi connectivity index (χ4v) is 3.71. The van der Waals surface area contributed by atoms with Crippen LogP contribution in [0.25, 0.3) is 0 Å². The number of hydrogen-bond donors (Lipinski definition) is 3. The van der Waals surface area contributed by atoms with Crippen LogP contribution in [0.5, 0.6) is 5.88 Å². The van der Waals surface area contributed by atoms with E-state index in [-0.39, 0.29) is 6.54 Å². The van der Waals surface area contributed by atoms with Gasteiger partial charge in [-0.25, -0.2) is 9.97 Å². The molecule has 0 fully saturated rings. The molecule has 3 aromatic heterocycles. The molecule has 0 amide bonds. The van der Waals surface area contributed by atoms with E-state index in [1.54, 1.807) is 17.1 Å². The van der Waals surface area contributed by atoms with Gasteiger partial charge in [-0.3, -0.25) is 4.68 Å². The van der Waals surface area contributed by atoms with E-state index in [1.807, 2.05) is 24.9 Å². The Morgan fingerprint density at radius 2 is 2.06 bits per heavy atom. The minimum Gasteiger partial charge on any atom is -0.481 e. The summed E-state index contributed by atoms with van der Waals surface area (Å²) in [6.45, 7) is 2.88. The minimum absolute atomic E-state index is 0.134. The number of methoxy groups -OCH3 is 1. The Bertz CT molecular complexity index is 1150. The smallest absolute Gasteiger partial charge is 0.421 e. The van der Waals surface area contributed by atoms with Crippen LogP contribution in [0.3, 0.4) is 0 Å². The second-order valence-electron chi connectivity index (χ2n) is 7.83. The number of aryl methyl sites for hydroxylation is 1. The summed E-state index contributed by atoms with van der Waals surface area (Å²) in [5, 5.41) is 20.4. The van der Waals surface area contributed by atoms with Crippen molar-refractivity contribution in [3.8, 4) is 5.88 Å². The molecule has 0 aliphatic carbocycles. The molecule has 3 aromatic rings. The maximum absolute atomic E-state index is 13.2. The Hall–Kier alpha value is -3.54. The number of nitrogens with one attached hydrogen (secondary N) is 2. The zero-order valence-electron chi connectivity index (χ0n) is 18.3. The van der Waals surface area contributed by atoms with Gasteiger partial charge in [0.05, 0.1) is 43.5 Å². The van der Waals surface area contributed by atoms with Gasteiger partial charge in [-0.2, -0.15) is 18.3 Å². The molecule has 33 heavy (non-hydrogen) atoms. The molecule has 9 nitrogen and oxygen atoms in total. The number of anilines is 3. The molecule has 1 atom stereocenters. The molecule has 4 rings (SSSR count). The quantitative estimate of drug-likeness (QED) is 0.513. The molecule has 176 valence electrons. The van der Waals surface area contributed by atoms with Crippen molar-refractivity contribution < 1.29 is 23.0 Å². The van der Waals surface area contributed by atoms with Crippen molar-refractivity contribution in [1.82, 2.24) is 19.7 Å². The Labute approximate surface area is 188 Å². The number of halogens is 3. The third-order valence-electron chi connectivity index (χ3n) is 5.26. The van der Waals surface area contributed by atoms with E-state index in [2.05, 4.69) is 25.7 Å². The molecule has 0 spiro atoms. The Kier molecular flexibility index (Phi) is 6.02. The summed E-state index contributed by atoms with van der Waals surface area (Å²) in [4.78, 5) is 10.2. The molecular weight excluding hydrogens is 439 g/mol. The van der Waals surface area contributed by atoms with Crippen LogP contribution >= 0.6 is 0 Å². The molecule has 1 aliphatic heterocycles. The van der Waals surface area contributed by atoms with Gasteiger partial charge >= 0.3 is 6.18 Å². The number of pyridine rings is 2. The number of aliphatic hydroxyl groups excluding tert-OH is 1. The van der Waals surface area contributed by atoms with Crippen molar-refractivity contribution in [3.05, 3.63) is 53.1 Å². The second kappa shape index (κ2) is 8.77. The van der Waals surface area contributed by atoms with Crippen LogP contribution in [0.4, 0.5) is 30.4 Å². The largest absolute Gasteiger partial charge is 0.481 e. The van der Waals surface area contributed by atoms with Gasteiger partial charge in [-0.1, -0.05) is 0 Å². The van der Waals surface area contributed by atoms with Crippen LogP contribution in [0.1, 0.15) is 22.4 Å². The number of hydrogen-bond acceptors (Lipinski definition) is 8. The van der Waals surface area contributed by atoms with Crippen molar-refractivity contribution in [1.29, 1.82) is 0 Å². The number of aromatic nitrogens is 4. The highest BCUT2D eigenvalue weighted by atomic mass is 19.4. The van der Waals surface area contributed by atoms with Crippen LogP contribution in [-0.2, 0) is 19.3 Å². The van der Waals surface area contributed by atoms with Crippen LogP contribution < -0.4 is 20.3 Å². The average Bonchev–Trinajstić information content (AvgIpc) is 3.19. The molecule has 4 heterocycles. The normalized spacial score (nSPS) is 15.7. The van der Waals surface area contributed by atoms with Gasteiger partial charge in [0.15, 0.2) is 0 Å². The van der Waals surface area contributed by atoms with Crippen LogP contribution in [0, 0.1) is 6.92 Å². The van der Waals surface area contributed by atoms with Gasteiger partial charge in [-0.05, 0) is 18.6 Å². The maximum atomic E-state index is 13.2. The zero-order valence-corrected chi connectivity index (χ0v) is 18.3. The summed E-state index contributed by atoms with van der Waals surface area (Å²) in [5.41, 5.74) is 2.75. The molecule has 0 radical (unpaired) electrons. The Morgan fingerprint density at radius 3 is 2.79 bits per heavy atom. The molecule has 0 saturated heterocycles. The fourth-order valence-electron chi connectivity index (χ4n) is 3.71. The van der Waals surface area contributed by atoms with Crippen molar-refractivity contribution in [2.45, 2.75) is 32.4 Å². The highest BCUT2D eigenvalue weighted by Gasteiger charge is 2.35. The first-order chi connectivity index (χ1) is 15.6. The van der Waals surface area contributed by atoms with Crippen LogP contribution in [0.2, 0.25) is 0 Å². The molecule has 0 saturated carbocycles. The molecule has 3 N–H and O–H groups in total. The molecular formula is C21H24F3N7O2. The van der Waals surface area contributed by atoms with E-state index in [0.29, 0.717) is 24.5 Å². The number of nitrogens with zero attached hydrogens (tertiary/aromatic N) is 5. The number of ether oxygens (including phenoxy) is 1. The maximum Gasteiger partial charge on any atom is 0.421 e. The summed E-state index contributed by atoms with van der Waals surface area (Å²) in [5.74, 6) is 0.206. The van der Waals surface area contributed by atoms with Crippen molar-refractivity contribution in [3.63, 3.8) is 0 Å². The first-order valence-electron chi connectivity index (χ1n) is 10.2. The van der Waals surface area contributed by atoms with E-state index in [1.165, 1.54) is 6.20 Å². The molecule has 1 unspecified atom stereocenters. The summed E-state index contributed by atoms with van der Waals surface area (Å²) in [6, 6.07) is 2.92. The van der Waals surface area contributed by atoms with Gasteiger partial charge in [0.25, 0.3) is 0 Å². The predicted molar refractivity (Wildman–Crippen MR) is 116 cm³/mol. The van der Waals surface area contributed by atoms with E-state index in [0.717, 1.165) is 35.8 Å². The molecule has 0 bridgehead atoms. The lowest BCUT2D eigenvalue weighted by Crippen LogP contribution is -2.39. The highest BCUT2D eigenvalue weighted by Crippen LogP contribution is 2.36. The first-order valence-corrected chi connectivity index (χ1v) is 10.2. The number of rotatable bonds is 6. The van der Waals surface area contributed by atoms with Crippen LogP contribution in [0.15, 0.2) is 30.7 Å². The van der Waals surface area contributed by atoms with Crippen molar-refractivity contribution in [2.24, 2.45) is 0 Å². The van der Waals surface area contributed by atoms with Gasteiger partial charge in [0.1, 0.15) is 17.6 Å². The number of alkyl halides is 3. The summed E-state index contributed by atoms with van der Waals surface area (Å²) in [7, 11) is 3.05. The first kappa shape index (κ1) is 22.6. The lowest BCUT2D eigenvalue weighted by molar-refractivity contribution is -0.139. The monoisotopic (exact) mass is 463 g/mol. The van der Waals surface area contributed by atoms with Gasteiger partial charge in [-0.15, -0.1) is 0 Å². The Morgan fingerprint density at radius 1 is 1.27 bits per heavy atom. The minimum atomic E-state index is -4.56. The number of likely N-dealkylation sites (N-methyl/N-ethyl adjacent to an activating group) is 1. The number of aliphatic hydroxyl groups is 1. The zero-order chi connectivity index (χ0) is 23.8. The third-order valence-corrected chi connectivity index (χ3v) is 5.26. The Balaban J connectivity index is 1.44. The SMILES string of the molecule is COc1ncc(Cn2cc(CNc3cc4c(c(C)n3)NC(O)CN4C)cn2)cc1C(F)(F)F. The van der Waals surface area contributed by atoms with Crippen LogP contribution in [-0.4, -0.2) is 51.8 Å². The van der Waals surface area contributed by atoms with E-state index in [9.17, 15) is 18.3 Å². The lowest BCUT2D eigenvalue weighted by atomic mass is 10.2. The van der Waals surface area contributed by atoms with Gasteiger partial charge in [0, 0.05) is 37.6 Å². The van der Waals surface area contributed by atoms with Gasteiger partial charge < -0.3 is 25.4 Å². The van der Waals surface area contributed by atoms with Gasteiger partial charge in [0.2, 0.25) is 5.88 Å². The molecule has 0 aromatic carbocycles. The van der Waals surface area contributed by atoms with Crippen molar-refractivity contribution in [2.75, 3.05) is 36.2 Å². The molecule has 12 heteroatoms. The van der Waals surface area contributed by atoms with E-state index in [4.69, 9.17) is 4.74 Å². The summed E-state index contributed by atoms with van der Waals surface area (Å²) in [6.07, 6.45) is -0.478. The third kappa shape index (κ3) is 4.95. The summed E-state index contributed by atoms with van der Waals surface area (Å²) < 4.78 is 45.9. The molecule has 1 aliphatic rings. The predicted octanol–water partition coefficient (Wildman–Crippen LogP) is 2.85. The second-order valence-corrected chi connectivity index (χ2v) is 7.83. The van der Waals surface area contributed by atoms with E-state index >= 15 is 0 Å². The number of β-amino-alcohol motifs (C(OH)–C–C–N with tert-alkyl or cyclic N) is 1. The topological polar surface area (TPSA) is 100 Å². The fraction of sp³-hybridized carbons (Fsp3) is 0.381. The lowest BCUT2D eigenvalue weighted by Gasteiger charge is -2.33. The highest BCUT2D eigenvalue weighted by molar-refractivity contribution is 5.77.